The highest BCUT2D eigenvalue weighted by Crippen LogP contribution is 2.25. The Morgan fingerprint density at radius 2 is 2.17 bits per heavy atom. The van der Waals surface area contributed by atoms with Gasteiger partial charge in [-0.2, -0.15) is 0 Å². The molecule has 2 rings (SSSR count). The van der Waals surface area contributed by atoms with Gasteiger partial charge in [0.25, 0.3) is 5.96 Å². The van der Waals surface area contributed by atoms with Crippen molar-refractivity contribution in [2.45, 2.75) is 65.4 Å². The molecule has 0 aromatic rings. The van der Waals surface area contributed by atoms with Crippen LogP contribution in [0.15, 0.2) is 5.10 Å². The zero-order valence-corrected chi connectivity index (χ0v) is 15.4. The van der Waals surface area contributed by atoms with Gasteiger partial charge >= 0.3 is 0 Å². The lowest BCUT2D eigenvalue weighted by molar-refractivity contribution is -0.486. The second kappa shape index (κ2) is 7.65. The van der Waals surface area contributed by atoms with E-state index in [0.717, 1.165) is 25.9 Å². The molecule has 0 spiro atoms. The first kappa shape index (κ1) is 18.9. The second-order valence-electron chi connectivity index (χ2n) is 7.62. The summed E-state index contributed by atoms with van der Waals surface area (Å²) >= 11 is 0. The molecule has 2 fully saturated rings. The molecule has 2 aliphatic heterocycles. The second-order valence-corrected chi connectivity index (χ2v) is 7.62. The number of hydrogen-bond donors (Lipinski definition) is 0. The first-order chi connectivity index (χ1) is 11.2. The van der Waals surface area contributed by atoms with Gasteiger partial charge in [0, 0.05) is 25.6 Å². The van der Waals surface area contributed by atoms with Gasteiger partial charge in [0.1, 0.15) is 11.3 Å². The molecule has 0 saturated carbocycles. The third-order valence-electron chi connectivity index (χ3n) is 4.27. The molecule has 0 N–H and O–H groups in total. The van der Waals surface area contributed by atoms with Crippen LogP contribution < -0.4 is 0 Å². The lowest BCUT2D eigenvalue weighted by Gasteiger charge is -2.34. The molecule has 0 aromatic carbocycles. The van der Waals surface area contributed by atoms with Crippen LogP contribution in [-0.4, -0.2) is 65.0 Å². The summed E-state index contributed by atoms with van der Waals surface area (Å²) in [6, 6.07) is 0. The van der Waals surface area contributed by atoms with Crippen molar-refractivity contribution in [3.63, 3.8) is 0 Å². The van der Waals surface area contributed by atoms with Crippen molar-refractivity contribution in [3.05, 3.63) is 10.1 Å². The van der Waals surface area contributed by atoms with E-state index < -0.39 is 5.03 Å². The van der Waals surface area contributed by atoms with Crippen LogP contribution in [0.2, 0.25) is 0 Å². The highest BCUT2D eigenvalue weighted by molar-refractivity contribution is 5.81. The lowest BCUT2D eigenvalue weighted by atomic mass is 10.1. The molecule has 3 atom stereocenters. The first-order valence-corrected chi connectivity index (χ1v) is 8.73. The molecule has 8 nitrogen and oxygen atoms in total. The van der Waals surface area contributed by atoms with E-state index in [4.69, 9.17) is 9.47 Å². The van der Waals surface area contributed by atoms with Gasteiger partial charge in [0.05, 0.1) is 18.3 Å². The predicted octanol–water partition coefficient (Wildman–Crippen LogP) is 2.13. The number of ether oxygens (including phenoxy) is 2. The van der Waals surface area contributed by atoms with Gasteiger partial charge in [-0.05, 0) is 40.5 Å². The topological polar surface area (TPSA) is 80.4 Å². The Kier molecular flexibility index (Phi) is 6.03. The van der Waals surface area contributed by atoms with E-state index in [1.807, 2.05) is 37.5 Å². The molecule has 0 bridgehead atoms. The SMILES string of the molecule is CCC(OC(C)(C)C)N1CCN(CC2COC(C)C2)C1=N[N+](=O)[O-]. The maximum Gasteiger partial charge on any atom is 0.276 e. The summed E-state index contributed by atoms with van der Waals surface area (Å²) in [4.78, 5) is 15.0. The lowest BCUT2D eigenvalue weighted by Crippen LogP contribution is -2.45. The van der Waals surface area contributed by atoms with Gasteiger partial charge < -0.3 is 19.3 Å². The molecule has 2 heterocycles. The normalized spacial score (nSPS) is 28.0. The monoisotopic (exact) mass is 342 g/mol. The molecular formula is C16H30N4O4. The van der Waals surface area contributed by atoms with E-state index >= 15 is 0 Å². The van der Waals surface area contributed by atoms with Crippen LogP contribution >= 0.6 is 0 Å². The maximum absolute atomic E-state index is 11.0. The Morgan fingerprint density at radius 3 is 2.67 bits per heavy atom. The number of nitro groups is 1. The highest BCUT2D eigenvalue weighted by atomic mass is 16.7. The van der Waals surface area contributed by atoms with Crippen molar-refractivity contribution in [1.29, 1.82) is 0 Å². The van der Waals surface area contributed by atoms with Crippen LogP contribution in [0.25, 0.3) is 0 Å². The van der Waals surface area contributed by atoms with Gasteiger partial charge in [-0.3, -0.25) is 0 Å². The van der Waals surface area contributed by atoms with Crippen LogP contribution in [-0.2, 0) is 9.47 Å². The molecular weight excluding hydrogens is 312 g/mol. The zero-order chi connectivity index (χ0) is 17.9. The van der Waals surface area contributed by atoms with Crippen molar-refractivity contribution >= 4 is 5.96 Å². The van der Waals surface area contributed by atoms with Gasteiger partial charge in [0.2, 0.25) is 0 Å². The maximum atomic E-state index is 11.0. The molecule has 0 radical (unpaired) electrons. The van der Waals surface area contributed by atoms with E-state index in [2.05, 4.69) is 12.0 Å². The Bertz CT molecular complexity index is 477. The van der Waals surface area contributed by atoms with Gasteiger partial charge in [-0.25, -0.2) is 10.1 Å². The minimum Gasteiger partial charge on any atom is -0.378 e. The Labute approximate surface area is 143 Å². The van der Waals surface area contributed by atoms with Gasteiger partial charge in [-0.1, -0.05) is 6.92 Å². The summed E-state index contributed by atoms with van der Waals surface area (Å²) < 4.78 is 11.7. The number of rotatable bonds is 6. The van der Waals surface area contributed by atoms with Crippen LogP contribution in [0.5, 0.6) is 0 Å². The molecule has 8 heteroatoms. The molecule has 3 unspecified atom stereocenters. The van der Waals surface area contributed by atoms with Crippen LogP contribution in [0.1, 0.15) is 47.5 Å². The molecule has 138 valence electrons. The molecule has 2 saturated heterocycles. The Balaban J connectivity index is 2.12. The third-order valence-corrected chi connectivity index (χ3v) is 4.27. The fourth-order valence-electron chi connectivity index (χ4n) is 3.37. The largest absolute Gasteiger partial charge is 0.378 e. The van der Waals surface area contributed by atoms with E-state index in [1.165, 1.54) is 0 Å². The van der Waals surface area contributed by atoms with Crippen LogP contribution in [0.4, 0.5) is 0 Å². The van der Waals surface area contributed by atoms with Gasteiger partial charge in [0.15, 0.2) is 5.03 Å². The molecule has 0 aliphatic carbocycles. The summed E-state index contributed by atoms with van der Waals surface area (Å²) in [7, 11) is 0. The van der Waals surface area contributed by atoms with E-state index in [-0.39, 0.29) is 17.9 Å². The smallest absolute Gasteiger partial charge is 0.276 e. The predicted molar refractivity (Wildman–Crippen MR) is 91.1 cm³/mol. The third kappa shape index (κ3) is 5.04. The standard InChI is InChI=1S/C16H30N4O4/c1-6-14(24-16(3,4)5)19-8-7-18(15(19)17-20(21)22)10-13-9-12(2)23-11-13/h12-14H,6-11H2,1-5H3. The Hall–Kier alpha value is -1.41. The summed E-state index contributed by atoms with van der Waals surface area (Å²) in [5.41, 5.74) is -0.317. The first-order valence-electron chi connectivity index (χ1n) is 8.73. The summed E-state index contributed by atoms with van der Waals surface area (Å²) in [5.74, 6) is 0.802. The average molecular weight is 342 g/mol. The van der Waals surface area contributed by atoms with E-state index in [9.17, 15) is 10.1 Å². The molecule has 2 aliphatic rings. The number of hydrazone groups is 1. The van der Waals surface area contributed by atoms with E-state index in [0.29, 0.717) is 25.0 Å². The van der Waals surface area contributed by atoms with Crippen molar-refractivity contribution in [1.82, 2.24) is 9.80 Å². The molecule has 0 aromatic heterocycles. The molecule has 0 amide bonds. The number of nitrogens with zero attached hydrogens (tertiary/aromatic N) is 4. The van der Waals surface area contributed by atoms with Gasteiger partial charge in [-0.15, -0.1) is 0 Å². The van der Waals surface area contributed by atoms with Crippen LogP contribution in [0, 0.1) is 16.0 Å². The van der Waals surface area contributed by atoms with Crippen molar-refractivity contribution < 1.29 is 14.5 Å². The Morgan fingerprint density at radius 1 is 1.46 bits per heavy atom. The highest BCUT2D eigenvalue weighted by Gasteiger charge is 2.37. The summed E-state index contributed by atoms with van der Waals surface area (Å²) in [6.07, 6.45) is 1.77. The fourth-order valence-corrected chi connectivity index (χ4v) is 3.37. The van der Waals surface area contributed by atoms with Crippen LogP contribution in [0.3, 0.4) is 0 Å². The average Bonchev–Trinajstić information content (AvgIpc) is 3.03. The van der Waals surface area contributed by atoms with Crippen molar-refractivity contribution in [3.8, 4) is 0 Å². The van der Waals surface area contributed by atoms with Crippen molar-refractivity contribution in [2.75, 3.05) is 26.2 Å². The molecule has 24 heavy (non-hydrogen) atoms. The summed E-state index contributed by atoms with van der Waals surface area (Å²) in [6.45, 7) is 12.9. The zero-order valence-electron chi connectivity index (χ0n) is 15.4. The summed E-state index contributed by atoms with van der Waals surface area (Å²) in [5, 5.41) is 14.1. The fraction of sp³-hybridized carbons (Fsp3) is 0.938. The quantitative estimate of drug-likeness (QED) is 0.543. The minimum absolute atomic E-state index is 0.215. The van der Waals surface area contributed by atoms with Crippen molar-refractivity contribution in [2.24, 2.45) is 11.0 Å². The van der Waals surface area contributed by atoms with E-state index in [1.54, 1.807) is 0 Å². The number of hydrogen-bond acceptors (Lipinski definition) is 4. The number of guanidine groups is 1. The minimum atomic E-state index is -0.613.